The maximum atomic E-state index is 12.8. The fraction of sp³-hybridized carbons (Fsp3) is 0.192. The van der Waals surface area contributed by atoms with Gasteiger partial charge in [-0.15, -0.1) is 0 Å². The molecule has 9 nitrogen and oxygen atoms in total. The molecule has 1 N–H and O–H groups in total. The Morgan fingerprint density at radius 1 is 1.03 bits per heavy atom. The van der Waals surface area contributed by atoms with Gasteiger partial charge in [-0.3, -0.25) is 9.69 Å². The molecule has 4 rings (SSSR count). The Morgan fingerprint density at radius 3 is 2.51 bits per heavy atom. The molecule has 0 radical (unpaired) electrons. The minimum atomic E-state index is -0.572. The molecule has 0 saturated carbocycles. The van der Waals surface area contributed by atoms with Gasteiger partial charge < -0.3 is 23.9 Å². The molecule has 1 saturated heterocycles. The molecule has 2 aromatic carbocycles. The van der Waals surface area contributed by atoms with Crippen molar-refractivity contribution >= 4 is 24.0 Å². The molecule has 9 heteroatoms. The predicted octanol–water partition coefficient (Wildman–Crippen LogP) is 4.06. The van der Waals surface area contributed by atoms with Crippen LogP contribution in [0.4, 0.5) is 4.79 Å². The van der Waals surface area contributed by atoms with Crippen molar-refractivity contribution in [2.45, 2.75) is 20.1 Å². The third-order valence-corrected chi connectivity index (χ3v) is 5.34. The van der Waals surface area contributed by atoms with Gasteiger partial charge in [0.2, 0.25) is 5.76 Å². The van der Waals surface area contributed by atoms with Crippen molar-refractivity contribution in [1.82, 2.24) is 10.2 Å². The van der Waals surface area contributed by atoms with Crippen LogP contribution in [0, 0.1) is 6.92 Å². The van der Waals surface area contributed by atoms with E-state index in [9.17, 15) is 14.4 Å². The number of hydrogen-bond donors (Lipinski definition) is 1. The number of hydrogen-bond acceptors (Lipinski definition) is 7. The third-order valence-electron chi connectivity index (χ3n) is 5.34. The maximum absolute atomic E-state index is 12.8. The number of amides is 3. The first-order valence-corrected chi connectivity index (χ1v) is 10.8. The van der Waals surface area contributed by atoms with Gasteiger partial charge in [0.05, 0.1) is 20.8 Å². The van der Waals surface area contributed by atoms with Crippen molar-refractivity contribution in [1.29, 1.82) is 0 Å². The van der Waals surface area contributed by atoms with E-state index < -0.39 is 17.9 Å². The highest BCUT2D eigenvalue weighted by Crippen LogP contribution is 2.30. The number of rotatable bonds is 8. The quantitative estimate of drug-likeness (QED) is 0.297. The summed E-state index contributed by atoms with van der Waals surface area (Å²) in [5, 5.41) is 2.63. The van der Waals surface area contributed by atoms with Crippen LogP contribution in [-0.2, 0) is 22.7 Å². The van der Waals surface area contributed by atoms with Crippen molar-refractivity contribution in [2.24, 2.45) is 0 Å². The average molecular weight is 476 g/mol. The van der Waals surface area contributed by atoms with E-state index in [4.69, 9.17) is 13.9 Å². The van der Waals surface area contributed by atoms with Crippen LogP contribution in [-0.4, -0.2) is 37.0 Å². The molecule has 0 atom stereocenters. The Morgan fingerprint density at radius 2 is 1.80 bits per heavy atom. The molecule has 0 bridgehead atoms. The number of esters is 1. The summed E-state index contributed by atoms with van der Waals surface area (Å²) in [6, 6.07) is 15.4. The first-order valence-electron chi connectivity index (χ1n) is 10.8. The van der Waals surface area contributed by atoms with Crippen LogP contribution in [0.3, 0.4) is 0 Å². The number of nitrogens with zero attached hydrogens (tertiary/aromatic N) is 1. The molecule has 0 spiro atoms. The number of benzene rings is 2. The molecule has 3 aromatic rings. The van der Waals surface area contributed by atoms with Crippen LogP contribution in [0.2, 0.25) is 0 Å². The van der Waals surface area contributed by atoms with Gasteiger partial charge in [-0.25, -0.2) is 9.59 Å². The molecule has 180 valence electrons. The van der Waals surface area contributed by atoms with E-state index in [1.165, 1.54) is 20.3 Å². The number of imide groups is 1. The Bertz CT molecular complexity index is 1290. The molecule has 0 unspecified atom stereocenters. The summed E-state index contributed by atoms with van der Waals surface area (Å²) < 4.78 is 21.2. The highest BCUT2D eigenvalue weighted by Gasteiger charge is 2.33. The van der Waals surface area contributed by atoms with E-state index in [1.54, 1.807) is 30.3 Å². The van der Waals surface area contributed by atoms with Gasteiger partial charge in [0.1, 0.15) is 18.1 Å². The largest absolute Gasteiger partial charge is 0.493 e. The monoisotopic (exact) mass is 476 g/mol. The second-order valence-corrected chi connectivity index (χ2v) is 7.82. The van der Waals surface area contributed by atoms with Crippen molar-refractivity contribution < 1.29 is 33.0 Å². The zero-order valence-electron chi connectivity index (χ0n) is 19.5. The lowest BCUT2D eigenvalue weighted by molar-refractivity contribution is -0.123. The number of nitrogens with one attached hydrogen (secondary N) is 1. The molecule has 35 heavy (non-hydrogen) atoms. The van der Waals surface area contributed by atoms with Gasteiger partial charge in [0, 0.05) is 0 Å². The van der Waals surface area contributed by atoms with Gasteiger partial charge in [0.25, 0.3) is 5.91 Å². The highest BCUT2D eigenvalue weighted by molar-refractivity contribution is 6.13. The lowest BCUT2D eigenvalue weighted by Crippen LogP contribution is -2.30. The number of methoxy groups -OCH3 is 2. The number of carbonyl (C=O) groups excluding carboxylic acids is 3. The van der Waals surface area contributed by atoms with E-state index in [-0.39, 0.29) is 24.6 Å². The van der Waals surface area contributed by atoms with Gasteiger partial charge in [0.15, 0.2) is 11.5 Å². The van der Waals surface area contributed by atoms with Gasteiger partial charge >= 0.3 is 12.0 Å². The van der Waals surface area contributed by atoms with Crippen LogP contribution in [0.25, 0.3) is 6.08 Å². The fourth-order valence-electron chi connectivity index (χ4n) is 3.47. The minimum Gasteiger partial charge on any atom is -0.493 e. The van der Waals surface area contributed by atoms with Gasteiger partial charge in [-0.2, -0.15) is 0 Å². The van der Waals surface area contributed by atoms with E-state index in [0.717, 1.165) is 16.0 Å². The zero-order chi connectivity index (χ0) is 24.9. The molecule has 1 aromatic heterocycles. The predicted molar refractivity (Wildman–Crippen MR) is 126 cm³/mol. The highest BCUT2D eigenvalue weighted by atomic mass is 16.5. The Balaban J connectivity index is 1.45. The summed E-state index contributed by atoms with van der Waals surface area (Å²) in [4.78, 5) is 37.9. The lowest BCUT2D eigenvalue weighted by atomic mass is 10.1. The fourth-order valence-corrected chi connectivity index (χ4v) is 3.47. The molecular weight excluding hydrogens is 452 g/mol. The number of carbonyl (C=O) groups is 3. The third kappa shape index (κ3) is 5.35. The van der Waals surface area contributed by atoms with Crippen molar-refractivity contribution in [3.8, 4) is 11.5 Å². The molecule has 0 aliphatic carbocycles. The van der Waals surface area contributed by atoms with Crippen LogP contribution in [0.15, 0.2) is 64.7 Å². The average Bonchev–Trinajstić information content (AvgIpc) is 3.44. The summed E-state index contributed by atoms with van der Waals surface area (Å²) in [6.45, 7) is 2.22. The topological polar surface area (TPSA) is 107 Å². The Labute approximate surface area is 201 Å². The summed E-state index contributed by atoms with van der Waals surface area (Å²) in [7, 11) is 2.77. The molecule has 1 fully saturated rings. The van der Waals surface area contributed by atoms with Crippen LogP contribution in [0.1, 0.15) is 33.0 Å². The van der Waals surface area contributed by atoms with E-state index in [2.05, 4.69) is 10.1 Å². The molecule has 1 aliphatic rings. The standard InChI is InChI=1S/C26H24N2O7/c1-16-4-6-17(7-5-16)14-28-24(29)20(27-26(28)31)12-18-8-10-21(23(13-18)32-2)34-15-19-9-11-22(35-19)25(30)33-3/h4-13H,14-15H2,1-3H3,(H,27,31)/b20-12+. The van der Waals surface area contributed by atoms with Crippen LogP contribution in [0.5, 0.6) is 11.5 Å². The summed E-state index contributed by atoms with van der Waals surface area (Å²) in [5.41, 5.74) is 2.77. The van der Waals surface area contributed by atoms with Crippen LogP contribution >= 0.6 is 0 Å². The van der Waals surface area contributed by atoms with Crippen LogP contribution < -0.4 is 14.8 Å². The second-order valence-electron chi connectivity index (χ2n) is 7.82. The maximum Gasteiger partial charge on any atom is 0.373 e. The van der Waals surface area contributed by atoms with E-state index >= 15 is 0 Å². The second kappa shape index (κ2) is 10.2. The van der Waals surface area contributed by atoms with Gasteiger partial charge in [-0.1, -0.05) is 35.9 Å². The summed E-state index contributed by atoms with van der Waals surface area (Å²) in [6.07, 6.45) is 1.58. The zero-order valence-corrected chi connectivity index (χ0v) is 19.5. The number of urea groups is 1. The Hall–Kier alpha value is -4.53. The number of furan rings is 1. The SMILES string of the molecule is COC(=O)c1ccc(COc2ccc(/C=C3/NC(=O)N(Cc4ccc(C)cc4)C3=O)cc2OC)o1. The van der Waals surface area contributed by atoms with Crippen molar-refractivity contribution in [3.63, 3.8) is 0 Å². The summed E-state index contributed by atoms with van der Waals surface area (Å²) >= 11 is 0. The normalized spacial score (nSPS) is 14.3. The van der Waals surface area contributed by atoms with E-state index in [0.29, 0.717) is 22.8 Å². The van der Waals surface area contributed by atoms with Crippen molar-refractivity contribution in [2.75, 3.05) is 14.2 Å². The first-order chi connectivity index (χ1) is 16.9. The number of aryl methyl sites for hydroxylation is 1. The van der Waals surface area contributed by atoms with E-state index in [1.807, 2.05) is 31.2 Å². The van der Waals surface area contributed by atoms with Crippen molar-refractivity contribution in [3.05, 3.63) is 88.5 Å². The summed E-state index contributed by atoms with van der Waals surface area (Å²) in [5.74, 6) is 0.401. The molecule has 2 heterocycles. The lowest BCUT2D eigenvalue weighted by Gasteiger charge is -2.12. The Kier molecular flexibility index (Phi) is 6.86. The number of ether oxygens (including phenoxy) is 3. The smallest absolute Gasteiger partial charge is 0.373 e. The van der Waals surface area contributed by atoms with Gasteiger partial charge in [-0.05, 0) is 48.4 Å². The molecular formula is C26H24N2O7. The first kappa shape index (κ1) is 23.6. The molecule has 1 aliphatic heterocycles. The molecule has 3 amide bonds. The minimum absolute atomic E-state index is 0.0658.